The van der Waals surface area contributed by atoms with Crippen LogP contribution in [0.4, 0.5) is 0 Å². The lowest BCUT2D eigenvalue weighted by atomic mass is 10.0. The fourth-order valence-electron chi connectivity index (χ4n) is 3.60. The second-order valence-electron chi connectivity index (χ2n) is 7.45. The second-order valence-corrected chi connectivity index (χ2v) is 7.45. The third kappa shape index (κ3) is 3.58. The van der Waals surface area contributed by atoms with Gasteiger partial charge in [-0.25, -0.2) is 0 Å². The fraction of sp³-hybridized carbons (Fsp3) is 0. The zero-order valence-corrected chi connectivity index (χ0v) is 17.1. The number of aromatic hydroxyl groups is 7. The summed E-state index contributed by atoms with van der Waals surface area (Å²) in [7, 11) is 0. The largest absolute Gasteiger partial charge is 0.508 e. The van der Waals surface area contributed by atoms with E-state index in [0.29, 0.717) is 0 Å². The molecule has 34 heavy (non-hydrogen) atoms. The van der Waals surface area contributed by atoms with Crippen LogP contribution in [0.2, 0.25) is 0 Å². The number of hydrogen-bond donors (Lipinski definition) is 7. The maximum absolute atomic E-state index is 10.5. The quantitative estimate of drug-likeness (QED) is 0.193. The summed E-state index contributed by atoms with van der Waals surface area (Å²) >= 11 is 0. The number of benzene rings is 4. The van der Waals surface area contributed by atoms with Gasteiger partial charge in [-0.2, -0.15) is 0 Å². The van der Waals surface area contributed by atoms with E-state index < -0.39 is 17.2 Å². The highest BCUT2D eigenvalue weighted by Crippen LogP contribution is 2.59. The first-order chi connectivity index (χ1) is 16.2. The van der Waals surface area contributed by atoms with Crippen LogP contribution < -0.4 is 14.2 Å². The average molecular weight is 464 g/mol. The molecule has 0 fully saturated rings. The van der Waals surface area contributed by atoms with E-state index in [4.69, 9.17) is 14.2 Å². The van der Waals surface area contributed by atoms with E-state index in [9.17, 15) is 35.7 Å². The van der Waals surface area contributed by atoms with Crippen LogP contribution in [-0.2, 0) is 0 Å². The summed E-state index contributed by atoms with van der Waals surface area (Å²) in [6.07, 6.45) is 0. The molecule has 4 aromatic carbocycles. The van der Waals surface area contributed by atoms with E-state index in [2.05, 4.69) is 0 Å². The summed E-state index contributed by atoms with van der Waals surface area (Å²) < 4.78 is 17.1. The third-order valence-corrected chi connectivity index (χ3v) is 4.92. The molecule has 7 N–H and O–H groups in total. The molecule has 0 atom stereocenters. The van der Waals surface area contributed by atoms with Gasteiger partial charge in [0.1, 0.15) is 40.2 Å². The lowest BCUT2D eigenvalue weighted by Gasteiger charge is -2.25. The molecule has 0 saturated carbocycles. The maximum atomic E-state index is 10.5. The van der Waals surface area contributed by atoms with Crippen molar-refractivity contribution in [1.29, 1.82) is 0 Å². The first kappa shape index (κ1) is 20.8. The van der Waals surface area contributed by atoms with Gasteiger partial charge in [0.05, 0.1) is 5.56 Å². The molecule has 0 bridgehead atoms. The Kier molecular flexibility index (Phi) is 4.57. The highest BCUT2D eigenvalue weighted by molar-refractivity contribution is 5.85. The molecule has 5 rings (SSSR count). The molecule has 0 amide bonds. The molecular weight excluding hydrogens is 448 g/mol. The van der Waals surface area contributed by atoms with Crippen LogP contribution >= 0.6 is 0 Å². The minimum absolute atomic E-state index is 0.0142. The number of ether oxygens (including phenoxy) is 3. The summed E-state index contributed by atoms with van der Waals surface area (Å²) in [4.78, 5) is 0. The Labute approximate surface area is 190 Å². The van der Waals surface area contributed by atoms with E-state index in [-0.39, 0.29) is 68.6 Å². The van der Waals surface area contributed by atoms with Crippen molar-refractivity contribution in [3.63, 3.8) is 0 Å². The highest BCUT2D eigenvalue weighted by atomic mass is 16.6. The molecule has 172 valence electrons. The standard InChI is InChI=1S/C24H16O10/c25-11-1-10(2-12(26)3-11)21-17(29)9-19(31)23-24(21)34-22-18(30)7-16(8-20(22)33-23)32-15-5-13(27)4-14(28)6-15/h1-9,25-31H. The molecule has 1 aliphatic rings. The average Bonchev–Trinajstić information content (AvgIpc) is 2.72. The number of phenolic OH excluding ortho intramolecular Hbond substituents is 7. The van der Waals surface area contributed by atoms with Crippen LogP contribution in [0.3, 0.4) is 0 Å². The maximum Gasteiger partial charge on any atom is 0.212 e. The molecule has 0 aliphatic carbocycles. The Balaban J connectivity index is 1.58. The fourth-order valence-corrected chi connectivity index (χ4v) is 3.60. The molecule has 0 saturated heterocycles. The van der Waals surface area contributed by atoms with E-state index in [0.717, 1.165) is 18.2 Å². The summed E-state index contributed by atoms with van der Waals surface area (Å²) in [6.45, 7) is 0. The zero-order chi connectivity index (χ0) is 24.1. The minimum atomic E-state index is -0.477. The first-order valence-corrected chi connectivity index (χ1v) is 9.74. The van der Waals surface area contributed by atoms with Gasteiger partial charge in [-0.15, -0.1) is 0 Å². The normalized spacial score (nSPS) is 11.6. The molecule has 0 spiro atoms. The summed E-state index contributed by atoms with van der Waals surface area (Å²) in [5.74, 6) is -2.80. The summed E-state index contributed by atoms with van der Waals surface area (Å²) in [6, 6.07) is 10.7. The molecule has 1 heterocycles. The topological polar surface area (TPSA) is 169 Å². The van der Waals surface area contributed by atoms with E-state index in [1.165, 1.54) is 36.4 Å². The Morgan fingerprint density at radius 3 is 1.68 bits per heavy atom. The van der Waals surface area contributed by atoms with Crippen molar-refractivity contribution < 1.29 is 50.0 Å². The first-order valence-electron chi connectivity index (χ1n) is 9.74. The minimum Gasteiger partial charge on any atom is -0.508 e. The van der Waals surface area contributed by atoms with Crippen molar-refractivity contribution in [2.75, 3.05) is 0 Å². The zero-order valence-electron chi connectivity index (χ0n) is 17.1. The van der Waals surface area contributed by atoms with Gasteiger partial charge in [-0.05, 0) is 17.7 Å². The van der Waals surface area contributed by atoms with E-state index in [1.54, 1.807) is 0 Å². The molecule has 0 radical (unpaired) electrons. The SMILES string of the molecule is Oc1cc(O)cc(Oc2cc(O)c3c(c2)Oc2c(O)cc(O)c(-c4cc(O)cc(O)c4)c2O3)c1. The highest BCUT2D eigenvalue weighted by Gasteiger charge is 2.31. The van der Waals surface area contributed by atoms with Gasteiger partial charge in [0.2, 0.25) is 11.5 Å². The van der Waals surface area contributed by atoms with Gasteiger partial charge in [0.15, 0.2) is 23.0 Å². The van der Waals surface area contributed by atoms with Gasteiger partial charge in [-0.1, -0.05) is 0 Å². The second kappa shape index (κ2) is 7.48. The molecule has 0 unspecified atom stereocenters. The summed E-state index contributed by atoms with van der Waals surface area (Å²) in [5, 5.41) is 70.3. The van der Waals surface area contributed by atoms with Gasteiger partial charge < -0.3 is 50.0 Å². The van der Waals surface area contributed by atoms with Gasteiger partial charge >= 0.3 is 0 Å². The van der Waals surface area contributed by atoms with Crippen molar-refractivity contribution >= 4 is 0 Å². The van der Waals surface area contributed by atoms with Crippen LogP contribution in [0.1, 0.15) is 0 Å². The van der Waals surface area contributed by atoms with Gasteiger partial charge in [-0.3, -0.25) is 0 Å². The predicted octanol–water partition coefficient (Wildman–Crippen LogP) is 4.98. The smallest absolute Gasteiger partial charge is 0.212 e. The Hall–Kier alpha value is -5.12. The van der Waals surface area contributed by atoms with Crippen LogP contribution in [0.15, 0.2) is 54.6 Å². The molecule has 1 aliphatic heterocycles. The van der Waals surface area contributed by atoms with Crippen molar-refractivity contribution in [3.8, 4) is 85.9 Å². The van der Waals surface area contributed by atoms with Crippen LogP contribution in [-0.4, -0.2) is 35.7 Å². The van der Waals surface area contributed by atoms with Gasteiger partial charge in [0, 0.05) is 42.5 Å². The van der Waals surface area contributed by atoms with E-state index >= 15 is 0 Å². The number of fused-ring (bicyclic) bond motifs is 2. The van der Waals surface area contributed by atoms with Crippen molar-refractivity contribution in [2.24, 2.45) is 0 Å². The van der Waals surface area contributed by atoms with Crippen molar-refractivity contribution in [3.05, 3.63) is 54.6 Å². The monoisotopic (exact) mass is 464 g/mol. The summed E-state index contributed by atoms with van der Waals surface area (Å²) in [5.41, 5.74) is 0.140. The lowest BCUT2D eigenvalue weighted by molar-refractivity contribution is 0.317. The Morgan fingerprint density at radius 1 is 0.471 bits per heavy atom. The number of hydrogen-bond acceptors (Lipinski definition) is 10. The van der Waals surface area contributed by atoms with Crippen molar-refractivity contribution in [1.82, 2.24) is 0 Å². The van der Waals surface area contributed by atoms with Crippen molar-refractivity contribution in [2.45, 2.75) is 0 Å². The Bertz CT molecular complexity index is 1420. The molecule has 4 aromatic rings. The molecule has 10 heteroatoms. The predicted molar refractivity (Wildman–Crippen MR) is 117 cm³/mol. The van der Waals surface area contributed by atoms with Crippen LogP contribution in [0.25, 0.3) is 11.1 Å². The number of rotatable bonds is 3. The molecule has 10 nitrogen and oxygen atoms in total. The lowest BCUT2D eigenvalue weighted by Crippen LogP contribution is -2.02. The number of phenols is 7. The molecular formula is C24H16O10. The van der Waals surface area contributed by atoms with E-state index in [1.807, 2.05) is 0 Å². The Morgan fingerprint density at radius 2 is 1.03 bits per heavy atom. The van der Waals surface area contributed by atoms with Gasteiger partial charge in [0.25, 0.3) is 0 Å². The van der Waals surface area contributed by atoms with Crippen LogP contribution in [0, 0.1) is 0 Å². The van der Waals surface area contributed by atoms with Crippen LogP contribution in [0.5, 0.6) is 74.7 Å². The third-order valence-electron chi connectivity index (χ3n) is 4.92. The molecule has 0 aromatic heterocycles.